The van der Waals surface area contributed by atoms with Gasteiger partial charge in [-0.05, 0) is 46.3 Å². The highest BCUT2D eigenvalue weighted by atomic mass is 79.9. The van der Waals surface area contributed by atoms with Crippen LogP contribution in [0.5, 0.6) is 11.5 Å². The third kappa shape index (κ3) is 3.72. The van der Waals surface area contributed by atoms with Gasteiger partial charge in [0.2, 0.25) is 0 Å². The Bertz CT molecular complexity index is 1020. The Kier molecular flexibility index (Phi) is 5.27. The SMILES string of the molecule is COc1ccc(Br)c(C(=O)OCc2cc(=O)oc3cc(OC)ccc23)c1. The van der Waals surface area contributed by atoms with E-state index >= 15 is 0 Å². The molecule has 0 saturated carbocycles. The zero-order valence-electron chi connectivity index (χ0n) is 14.1. The summed E-state index contributed by atoms with van der Waals surface area (Å²) in [5.41, 5.74) is 0.717. The molecule has 0 spiro atoms. The molecule has 0 aliphatic carbocycles. The molecule has 134 valence electrons. The van der Waals surface area contributed by atoms with Crippen molar-refractivity contribution in [3.05, 3.63) is 68.5 Å². The van der Waals surface area contributed by atoms with Crippen LogP contribution in [0.4, 0.5) is 0 Å². The number of methoxy groups -OCH3 is 2. The maximum Gasteiger partial charge on any atom is 0.339 e. The van der Waals surface area contributed by atoms with Crippen molar-refractivity contribution in [2.24, 2.45) is 0 Å². The summed E-state index contributed by atoms with van der Waals surface area (Å²) >= 11 is 3.32. The topological polar surface area (TPSA) is 75.0 Å². The second kappa shape index (κ2) is 7.61. The molecule has 0 radical (unpaired) electrons. The lowest BCUT2D eigenvalue weighted by molar-refractivity contribution is 0.0472. The average Bonchev–Trinajstić information content (AvgIpc) is 2.65. The van der Waals surface area contributed by atoms with Crippen LogP contribution < -0.4 is 15.1 Å². The quantitative estimate of drug-likeness (QED) is 0.461. The molecule has 0 bridgehead atoms. The van der Waals surface area contributed by atoms with Crippen LogP contribution in [0.15, 0.2) is 56.1 Å². The Morgan fingerprint density at radius 3 is 2.46 bits per heavy atom. The van der Waals surface area contributed by atoms with Crippen molar-refractivity contribution in [1.29, 1.82) is 0 Å². The Labute approximate surface area is 157 Å². The van der Waals surface area contributed by atoms with Crippen LogP contribution in [0, 0.1) is 0 Å². The van der Waals surface area contributed by atoms with Gasteiger partial charge in [-0.15, -0.1) is 0 Å². The number of ether oxygens (including phenoxy) is 3. The normalized spacial score (nSPS) is 10.6. The minimum atomic E-state index is -0.536. The summed E-state index contributed by atoms with van der Waals surface area (Å²) in [5, 5.41) is 0.669. The van der Waals surface area contributed by atoms with E-state index in [4.69, 9.17) is 18.6 Å². The fourth-order valence-corrected chi connectivity index (χ4v) is 2.87. The number of hydrogen-bond donors (Lipinski definition) is 0. The molecule has 1 heterocycles. The Morgan fingerprint density at radius 2 is 1.73 bits per heavy atom. The Hall–Kier alpha value is -2.80. The average molecular weight is 419 g/mol. The second-order valence-electron chi connectivity index (χ2n) is 5.37. The van der Waals surface area contributed by atoms with E-state index in [2.05, 4.69) is 15.9 Å². The minimum absolute atomic E-state index is 0.0725. The third-order valence-corrected chi connectivity index (χ3v) is 4.48. The number of carbonyl (C=O) groups excluding carboxylic acids is 1. The molecular weight excluding hydrogens is 404 g/mol. The molecule has 2 aromatic carbocycles. The smallest absolute Gasteiger partial charge is 0.339 e. The minimum Gasteiger partial charge on any atom is -0.497 e. The van der Waals surface area contributed by atoms with Crippen LogP contribution in [-0.2, 0) is 11.3 Å². The van der Waals surface area contributed by atoms with E-state index in [1.807, 2.05) is 0 Å². The molecular formula is C19H15BrO6. The lowest BCUT2D eigenvalue weighted by atomic mass is 10.1. The first-order valence-electron chi connectivity index (χ1n) is 7.63. The molecule has 1 aromatic heterocycles. The van der Waals surface area contributed by atoms with Crippen LogP contribution in [0.1, 0.15) is 15.9 Å². The summed E-state index contributed by atoms with van der Waals surface area (Å²) in [6, 6.07) is 11.4. The van der Waals surface area contributed by atoms with Gasteiger partial charge >= 0.3 is 11.6 Å². The molecule has 7 heteroatoms. The Balaban J connectivity index is 1.88. The van der Waals surface area contributed by atoms with Crippen molar-refractivity contribution in [3.8, 4) is 11.5 Å². The number of esters is 1. The highest BCUT2D eigenvalue weighted by molar-refractivity contribution is 9.10. The lowest BCUT2D eigenvalue weighted by Gasteiger charge is -2.10. The first kappa shape index (κ1) is 18.0. The molecule has 26 heavy (non-hydrogen) atoms. The zero-order valence-corrected chi connectivity index (χ0v) is 15.7. The first-order valence-corrected chi connectivity index (χ1v) is 8.42. The van der Waals surface area contributed by atoms with E-state index < -0.39 is 11.6 Å². The maximum atomic E-state index is 12.4. The summed E-state index contributed by atoms with van der Waals surface area (Å²) in [7, 11) is 3.04. The zero-order chi connectivity index (χ0) is 18.7. The van der Waals surface area contributed by atoms with Gasteiger partial charge in [0, 0.05) is 27.6 Å². The lowest BCUT2D eigenvalue weighted by Crippen LogP contribution is -2.09. The number of hydrogen-bond acceptors (Lipinski definition) is 6. The van der Waals surface area contributed by atoms with E-state index in [-0.39, 0.29) is 6.61 Å². The van der Waals surface area contributed by atoms with Gasteiger partial charge in [0.05, 0.1) is 19.8 Å². The summed E-state index contributed by atoms with van der Waals surface area (Å²) in [4.78, 5) is 24.2. The van der Waals surface area contributed by atoms with E-state index in [1.54, 1.807) is 36.4 Å². The van der Waals surface area contributed by atoms with Crippen molar-refractivity contribution >= 4 is 32.9 Å². The molecule has 0 fully saturated rings. The van der Waals surface area contributed by atoms with Crippen LogP contribution in [-0.4, -0.2) is 20.2 Å². The van der Waals surface area contributed by atoms with E-state index in [0.29, 0.717) is 38.1 Å². The van der Waals surface area contributed by atoms with E-state index in [9.17, 15) is 9.59 Å². The Morgan fingerprint density at radius 1 is 1.04 bits per heavy atom. The van der Waals surface area contributed by atoms with Gasteiger partial charge in [0.25, 0.3) is 0 Å². The predicted octanol–water partition coefficient (Wildman–Crippen LogP) is 3.93. The molecule has 3 rings (SSSR count). The van der Waals surface area contributed by atoms with Crippen molar-refractivity contribution in [2.45, 2.75) is 6.61 Å². The van der Waals surface area contributed by atoms with Crippen molar-refractivity contribution in [1.82, 2.24) is 0 Å². The highest BCUT2D eigenvalue weighted by Gasteiger charge is 2.15. The molecule has 0 amide bonds. The van der Waals surface area contributed by atoms with Crippen LogP contribution in [0.3, 0.4) is 0 Å². The molecule has 0 N–H and O–H groups in total. The third-order valence-electron chi connectivity index (χ3n) is 3.79. The summed E-state index contributed by atoms with van der Waals surface area (Å²) in [6.45, 7) is -0.0725. The van der Waals surface area contributed by atoms with E-state index in [1.165, 1.54) is 20.3 Å². The summed E-state index contributed by atoms with van der Waals surface area (Å²) in [5.74, 6) is 0.568. The van der Waals surface area contributed by atoms with Gasteiger partial charge in [-0.3, -0.25) is 0 Å². The van der Waals surface area contributed by atoms with Crippen LogP contribution >= 0.6 is 15.9 Å². The fourth-order valence-electron chi connectivity index (χ4n) is 2.47. The van der Waals surface area contributed by atoms with E-state index in [0.717, 1.165) is 0 Å². The van der Waals surface area contributed by atoms with Gasteiger partial charge in [-0.25, -0.2) is 9.59 Å². The van der Waals surface area contributed by atoms with Gasteiger partial charge in [-0.1, -0.05) is 0 Å². The number of benzene rings is 2. The maximum absolute atomic E-state index is 12.4. The van der Waals surface area contributed by atoms with Gasteiger partial charge < -0.3 is 18.6 Å². The standard InChI is InChI=1S/C19H15BrO6/c1-23-12-4-6-16(20)15(8-12)19(22)25-10-11-7-18(21)26-17-9-13(24-2)3-5-14(11)17/h3-9H,10H2,1-2H3. The molecule has 6 nitrogen and oxygen atoms in total. The molecule has 0 atom stereocenters. The molecule has 0 saturated heterocycles. The van der Waals surface area contributed by atoms with Crippen LogP contribution in [0.2, 0.25) is 0 Å². The summed E-state index contributed by atoms with van der Waals surface area (Å²) in [6.07, 6.45) is 0. The molecule has 3 aromatic rings. The number of rotatable bonds is 5. The fraction of sp³-hybridized carbons (Fsp3) is 0.158. The van der Waals surface area contributed by atoms with Gasteiger partial charge in [0.15, 0.2) is 0 Å². The monoisotopic (exact) mass is 418 g/mol. The highest BCUT2D eigenvalue weighted by Crippen LogP contribution is 2.25. The van der Waals surface area contributed by atoms with Crippen molar-refractivity contribution in [2.75, 3.05) is 14.2 Å². The largest absolute Gasteiger partial charge is 0.497 e. The second-order valence-corrected chi connectivity index (χ2v) is 6.23. The van der Waals surface area contributed by atoms with Crippen LogP contribution in [0.25, 0.3) is 11.0 Å². The molecule has 0 unspecified atom stereocenters. The number of fused-ring (bicyclic) bond motifs is 1. The number of carbonyl (C=O) groups is 1. The number of halogens is 1. The van der Waals surface area contributed by atoms with Gasteiger partial charge in [0.1, 0.15) is 23.7 Å². The van der Waals surface area contributed by atoms with Gasteiger partial charge in [-0.2, -0.15) is 0 Å². The van der Waals surface area contributed by atoms with Crippen molar-refractivity contribution in [3.63, 3.8) is 0 Å². The van der Waals surface area contributed by atoms with Crippen molar-refractivity contribution < 1.29 is 23.4 Å². The molecule has 0 aliphatic rings. The molecule has 0 aliphatic heterocycles. The predicted molar refractivity (Wildman–Crippen MR) is 98.8 cm³/mol. The summed E-state index contributed by atoms with van der Waals surface area (Å²) < 4.78 is 21.4. The first-order chi connectivity index (χ1) is 12.5.